The third-order valence-corrected chi connectivity index (χ3v) is 6.50. The third-order valence-electron chi connectivity index (χ3n) is 5.44. The number of hydrogen-bond acceptors (Lipinski definition) is 5. The fourth-order valence-electron chi connectivity index (χ4n) is 3.61. The molecule has 150 valence electrons. The van der Waals surface area contributed by atoms with E-state index in [1.165, 1.54) is 0 Å². The topological polar surface area (TPSA) is 80.1 Å². The van der Waals surface area contributed by atoms with Gasteiger partial charge in [0.25, 0.3) is 5.91 Å². The van der Waals surface area contributed by atoms with Gasteiger partial charge in [0.2, 0.25) is 5.91 Å². The zero-order valence-electron chi connectivity index (χ0n) is 16.3. The lowest BCUT2D eigenvalue weighted by Gasteiger charge is -2.31. The van der Waals surface area contributed by atoms with Crippen LogP contribution < -0.4 is 5.32 Å². The molecule has 28 heavy (non-hydrogen) atoms. The van der Waals surface area contributed by atoms with Crippen molar-refractivity contribution in [3.63, 3.8) is 0 Å². The number of rotatable bonds is 7. The van der Waals surface area contributed by atoms with Gasteiger partial charge in [-0.2, -0.15) is 5.10 Å². The zero-order chi connectivity index (χ0) is 19.5. The Bertz CT molecular complexity index is 841. The number of hydrogen-bond donors (Lipinski definition) is 1. The predicted molar refractivity (Wildman–Crippen MR) is 107 cm³/mol. The lowest BCUT2D eigenvalue weighted by molar-refractivity contribution is -0.122. The zero-order valence-corrected chi connectivity index (χ0v) is 17.1. The van der Waals surface area contributed by atoms with Gasteiger partial charge in [-0.3, -0.25) is 14.3 Å². The SMILES string of the molecule is CCn1ccc(C(=O)N2CCC[C@@H](c3nc(CCNC(=O)C4CC4)cs3)C2)n1. The Morgan fingerprint density at radius 3 is 2.93 bits per heavy atom. The Kier molecular flexibility index (Phi) is 5.75. The molecule has 1 aliphatic heterocycles. The number of likely N-dealkylation sites (tertiary alicyclic amines) is 1. The molecule has 2 aromatic heterocycles. The standard InChI is InChI=1S/C20H27N5O2S/c1-2-25-11-8-17(23-25)20(27)24-10-3-4-15(12-24)19-22-16(13-28-19)7-9-21-18(26)14-5-6-14/h8,11,13-15H,2-7,9-10,12H2,1H3,(H,21,26)/t15-/m1/s1. The lowest BCUT2D eigenvalue weighted by Crippen LogP contribution is -2.39. The van der Waals surface area contributed by atoms with Gasteiger partial charge in [-0.1, -0.05) is 0 Å². The first kappa shape index (κ1) is 19.1. The van der Waals surface area contributed by atoms with Gasteiger partial charge in [-0.25, -0.2) is 4.98 Å². The Balaban J connectivity index is 1.32. The van der Waals surface area contributed by atoms with E-state index in [1.54, 1.807) is 22.1 Å². The molecule has 1 aliphatic carbocycles. The number of nitrogens with one attached hydrogen (secondary N) is 1. The van der Waals surface area contributed by atoms with E-state index in [-0.39, 0.29) is 23.7 Å². The first-order valence-electron chi connectivity index (χ1n) is 10.2. The summed E-state index contributed by atoms with van der Waals surface area (Å²) in [6, 6.07) is 1.80. The van der Waals surface area contributed by atoms with Crippen LogP contribution in [-0.2, 0) is 17.8 Å². The summed E-state index contributed by atoms with van der Waals surface area (Å²) in [5.41, 5.74) is 1.55. The van der Waals surface area contributed by atoms with E-state index in [0.717, 1.165) is 55.9 Å². The highest BCUT2D eigenvalue weighted by atomic mass is 32.1. The van der Waals surface area contributed by atoms with Crippen molar-refractivity contribution in [2.45, 2.75) is 51.5 Å². The second-order valence-electron chi connectivity index (χ2n) is 7.64. The molecule has 1 saturated heterocycles. The average molecular weight is 402 g/mol. The summed E-state index contributed by atoms with van der Waals surface area (Å²) in [6.07, 6.45) is 6.71. The molecule has 0 aromatic carbocycles. The maximum Gasteiger partial charge on any atom is 0.274 e. The van der Waals surface area contributed by atoms with Crippen molar-refractivity contribution in [1.82, 2.24) is 25.0 Å². The molecule has 0 bridgehead atoms. The number of carbonyl (C=O) groups excluding carboxylic acids is 2. The van der Waals surface area contributed by atoms with Crippen molar-refractivity contribution < 1.29 is 9.59 Å². The molecule has 1 atom stereocenters. The Labute approximate surface area is 169 Å². The van der Waals surface area contributed by atoms with E-state index in [1.807, 2.05) is 18.0 Å². The summed E-state index contributed by atoms with van der Waals surface area (Å²) < 4.78 is 1.78. The maximum absolute atomic E-state index is 12.8. The number of piperidine rings is 1. The maximum atomic E-state index is 12.8. The molecule has 2 amide bonds. The Morgan fingerprint density at radius 1 is 1.32 bits per heavy atom. The normalized spacial score (nSPS) is 19.6. The van der Waals surface area contributed by atoms with Crippen LogP contribution >= 0.6 is 11.3 Å². The minimum Gasteiger partial charge on any atom is -0.355 e. The van der Waals surface area contributed by atoms with Crippen LogP contribution in [0.1, 0.15) is 59.7 Å². The van der Waals surface area contributed by atoms with Crippen LogP contribution in [0.25, 0.3) is 0 Å². The van der Waals surface area contributed by atoms with Gasteiger partial charge in [0.05, 0.1) is 10.7 Å². The van der Waals surface area contributed by atoms with Crippen molar-refractivity contribution in [1.29, 1.82) is 0 Å². The molecule has 3 heterocycles. The number of aryl methyl sites for hydroxylation is 1. The van der Waals surface area contributed by atoms with Crippen molar-refractivity contribution in [3.8, 4) is 0 Å². The van der Waals surface area contributed by atoms with Gasteiger partial charge in [0, 0.05) is 56.0 Å². The molecule has 2 fully saturated rings. The number of aromatic nitrogens is 3. The van der Waals surface area contributed by atoms with Crippen molar-refractivity contribution in [2.24, 2.45) is 5.92 Å². The number of carbonyl (C=O) groups is 2. The van der Waals surface area contributed by atoms with E-state index in [2.05, 4.69) is 15.8 Å². The minimum atomic E-state index is 0.0106. The van der Waals surface area contributed by atoms with E-state index >= 15 is 0 Å². The van der Waals surface area contributed by atoms with Gasteiger partial charge in [-0.05, 0) is 38.7 Å². The molecule has 8 heteroatoms. The van der Waals surface area contributed by atoms with Gasteiger partial charge < -0.3 is 10.2 Å². The second-order valence-corrected chi connectivity index (χ2v) is 8.53. The average Bonchev–Trinajstić information content (AvgIpc) is 3.28. The Hall–Kier alpha value is -2.22. The van der Waals surface area contributed by atoms with Crippen LogP contribution in [0.4, 0.5) is 0 Å². The van der Waals surface area contributed by atoms with Crippen LogP contribution in [0.15, 0.2) is 17.6 Å². The quantitative estimate of drug-likeness (QED) is 0.773. The van der Waals surface area contributed by atoms with E-state index in [0.29, 0.717) is 18.8 Å². The van der Waals surface area contributed by atoms with E-state index < -0.39 is 0 Å². The molecule has 7 nitrogen and oxygen atoms in total. The smallest absolute Gasteiger partial charge is 0.274 e. The molecule has 4 rings (SSSR count). The molecule has 1 saturated carbocycles. The van der Waals surface area contributed by atoms with Crippen LogP contribution in [0.5, 0.6) is 0 Å². The monoisotopic (exact) mass is 401 g/mol. The summed E-state index contributed by atoms with van der Waals surface area (Å²) in [4.78, 5) is 31.2. The first-order chi connectivity index (χ1) is 13.6. The fraction of sp³-hybridized carbons (Fsp3) is 0.600. The molecular formula is C20H27N5O2S. The molecule has 0 unspecified atom stereocenters. The second kappa shape index (κ2) is 8.43. The van der Waals surface area contributed by atoms with Gasteiger partial charge in [-0.15, -0.1) is 11.3 Å². The van der Waals surface area contributed by atoms with E-state index in [9.17, 15) is 9.59 Å². The van der Waals surface area contributed by atoms with Crippen LogP contribution in [0.3, 0.4) is 0 Å². The summed E-state index contributed by atoms with van der Waals surface area (Å²) in [5.74, 6) is 0.727. The Morgan fingerprint density at radius 2 is 2.18 bits per heavy atom. The highest BCUT2D eigenvalue weighted by molar-refractivity contribution is 7.09. The molecule has 1 N–H and O–H groups in total. The van der Waals surface area contributed by atoms with E-state index in [4.69, 9.17) is 4.98 Å². The number of nitrogens with zero attached hydrogens (tertiary/aromatic N) is 4. The molecule has 2 aromatic rings. The summed E-state index contributed by atoms with van der Waals surface area (Å²) in [7, 11) is 0. The number of amides is 2. The highest BCUT2D eigenvalue weighted by Crippen LogP contribution is 2.30. The van der Waals surface area contributed by atoms with Gasteiger partial charge in [0.1, 0.15) is 5.69 Å². The molecular weight excluding hydrogens is 374 g/mol. The van der Waals surface area contributed by atoms with Crippen molar-refractivity contribution in [2.75, 3.05) is 19.6 Å². The predicted octanol–water partition coefficient (Wildman–Crippen LogP) is 2.45. The first-order valence-corrected chi connectivity index (χ1v) is 11.1. The van der Waals surface area contributed by atoms with Crippen LogP contribution in [-0.4, -0.2) is 51.1 Å². The minimum absolute atomic E-state index is 0.0106. The number of thiazole rings is 1. The summed E-state index contributed by atoms with van der Waals surface area (Å²) in [6.45, 7) is 4.89. The van der Waals surface area contributed by atoms with Crippen LogP contribution in [0.2, 0.25) is 0 Å². The fourth-order valence-corrected chi connectivity index (χ4v) is 4.59. The van der Waals surface area contributed by atoms with Crippen LogP contribution in [0, 0.1) is 5.92 Å². The largest absolute Gasteiger partial charge is 0.355 e. The van der Waals surface area contributed by atoms with Crippen molar-refractivity contribution in [3.05, 3.63) is 34.0 Å². The lowest BCUT2D eigenvalue weighted by atomic mass is 9.98. The van der Waals surface area contributed by atoms with Crippen molar-refractivity contribution >= 4 is 23.2 Å². The highest BCUT2D eigenvalue weighted by Gasteiger charge is 2.30. The molecule has 0 spiro atoms. The van der Waals surface area contributed by atoms with Gasteiger partial charge >= 0.3 is 0 Å². The summed E-state index contributed by atoms with van der Waals surface area (Å²) in [5, 5.41) is 10.5. The van der Waals surface area contributed by atoms with Gasteiger partial charge in [0.15, 0.2) is 0 Å². The summed E-state index contributed by atoms with van der Waals surface area (Å²) >= 11 is 1.67. The third kappa shape index (κ3) is 4.43. The molecule has 0 radical (unpaired) electrons. The molecule has 2 aliphatic rings.